The van der Waals surface area contributed by atoms with E-state index in [2.05, 4.69) is 20.2 Å². The first-order valence-corrected chi connectivity index (χ1v) is 7.13. The fourth-order valence-corrected chi connectivity index (χ4v) is 2.88. The highest BCUT2D eigenvalue weighted by Crippen LogP contribution is 2.29. The normalized spacial score (nSPS) is 23.7. The predicted octanol–water partition coefficient (Wildman–Crippen LogP) is 0.917. The Kier molecular flexibility index (Phi) is 5.14. The van der Waals surface area contributed by atoms with Gasteiger partial charge in [-0.25, -0.2) is 4.98 Å². The molecule has 6 nitrogen and oxygen atoms in total. The molecule has 1 aromatic heterocycles. The maximum Gasteiger partial charge on any atom is 0.219 e. The number of hydrogen-bond donors (Lipinski definition) is 2. The summed E-state index contributed by atoms with van der Waals surface area (Å²) in [5.74, 6) is 0.0760. The first-order valence-electron chi connectivity index (χ1n) is 7.13. The second kappa shape index (κ2) is 6.85. The van der Waals surface area contributed by atoms with E-state index in [1.807, 2.05) is 6.20 Å². The van der Waals surface area contributed by atoms with Crippen molar-refractivity contribution in [3.05, 3.63) is 18.2 Å². The van der Waals surface area contributed by atoms with E-state index in [9.17, 15) is 4.79 Å². The Morgan fingerprint density at radius 1 is 1.65 bits per heavy atom. The van der Waals surface area contributed by atoms with Crippen molar-refractivity contribution in [1.82, 2.24) is 20.2 Å². The van der Waals surface area contributed by atoms with E-state index in [-0.39, 0.29) is 11.5 Å². The van der Waals surface area contributed by atoms with Gasteiger partial charge in [-0.1, -0.05) is 0 Å². The molecular formula is C14H24N4O2. The number of carbonyl (C=O) groups is 1. The number of hydrogen-bond acceptors (Lipinski definition) is 4. The maximum atomic E-state index is 11.5. The second-order valence-corrected chi connectivity index (χ2v) is 5.45. The molecule has 112 valence electrons. The van der Waals surface area contributed by atoms with Gasteiger partial charge in [0.05, 0.1) is 11.9 Å². The van der Waals surface area contributed by atoms with Crippen molar-refractivity contribution in [2.75, 3.05) is 27.2 Å². The van der Waals surface area contributed by atoms with Gasteiger partial charge in [0.2, 0.25) is 5.91 Å². The van der Waals surface area contributed by atoms with Crippen LogP contribution in [0.4, 0.5) is 0 Å². The van der Waals surface area contributed by atoms with Gasteiger partial charge >= 0.3 is 0 Å². The van der Waals surface area contributed by atoms with E-state index in [4.69, 9.17) is 4.74 Å². The fraction of sp³-hybridized carbons (Fsp3) is 0.714. The topological polar surface area (TPSA) is 70.2 Å². The quantitative estimate of drug-likeness (QED) is 0.813. The molecule has 1 aromatic rings. The number of aromatic amines is 1. The summed E-state index contributed by atoms with van der Waals surface area (Å²) in [5, 5.41) is 2.67. The largest absolute Gasteiger partial charge is 0.377 e. The van der Waals surface area contributed by atoms with E-state index >= 15 is 0 Å². The Balaban J connectivity index is 1.93. The number of H-pyrrole nitrogens is 1. The van der Waals surface area contributed by atoms with Crippen LogP contribution < -0.4 is 5.32 Å². The molecule has 1 aliphatic rings. The number of methoxy groups -OCH3 is 1. The van der Waals surface area contributed by atoms with Gasteiger partial charge in [0, 0.05) is 45.6 Å². The van der Waals surface area contributed by atoms with E-state index in [0.717, 1.165) is 44.6 Å². The molecule has 1 aliphatic heterocycles. The summed E-state index contributed by atoms with van der Waals surface area (Å²) in [5.41, 5.74) is 0.910. The number of likely N-dealkylation sites (tertiary alicyclic amines) is 1. The average molecular weight is 280 g/mol. The van der Waals surface area contributed by atoms with E-state index in [1.165, 1.54) is 0 Å². The van der Waals surface area contributed by atoms with Gasteiger partial charge in [-0.15, -0.1) is 0 Å². The van der Waals surface area contributed by atoms with Gasteiger partial charge in [-0.05, 0) is 25.8 Å². The summed E-state index contributed by atoms with van der Waals surface area (Å²) in [4.78, 5) is 21.0. The zero-order chi connectivity index (χ0) is 14.4. The highest BCUT2D eigenvalue weighted by molar-refractivity contribution is 5.75. The van der Waals surface area contributed by atoms with Gasteiger partial charge < -0.3 is 15.0 Å². The van der Waals surface area contributed by atoms with Crippen LogP contribution in [0, 0.1) is 0 Å². The number of rotatable bonds is 6. The van der Waals surface area contributed by atoms with Crippen LogP contribution in [0.1, 0.15) is 31.4 Å². The van der Waals surface area contributed by atoms with Crippen molar-refractivity contribution >= 4 is 5.91 Å². The molecule has 1 atom stereocenters. The highest BCUT2D eigenvalue weighted by Gasteiger charge is 2.35. The number of piperidine rings is 1. The van der Waals surface area contributed by atoms with E-state index in [0.29, 0.717) is 6.42 Å². The highest BCUT2D eigenvalue weighted by atomic mass is 16.5. The lowest BCUT2D eigenvalue weighted by atomic mass is 9.87. The number of amides is 1. The monoisotopic (exact) mass is 280 g/mol. The molecule has 0 aromatic carbocycles. The third kappa shape index (κ3) is 3.80. The summed E-state index contributed by atoms with van der Waals surface area (Å²) in [6.07, 6.45) is 6.95. The molecule has 6 heteroatoms. The Labute approximate surface area is 119 Å². The lowest BCUT2D eigenvalue weighted by Crippen LogP contribution is -2.49. The molecule has 1 saturated heterocycles. The smallest absolute Gasteiger partial charge is 0.219 e. The summed E-state index contributed by atoms with van der Waals surface area (Å²) < 4.78 is 5.78. The van der Waals surface area contributed by atoms with Crippen LogP contribution in [0.3, 0.4) is 0 Å². The van der Waals surface area contributed by atoms with Gasteiger partial charge in [-0.2, -0.15) is 0 Å². The van der Waals surface area contributed by atoms with Crippen LogP contribution in [0.25, 0.3) is 0 Å². The van der Waals surface area contributed by atoms with Crippen molar-refractivity contribution < 1.29 is 9.53 Å². The van der Waals surface area contributed by atoms with Gasteiger partial charge in [0.15, 0.2) is 0 Å². The van der Waals surface area contributed by atoms with Crippen LogP contribution in [0.5, 0.6) is 0 Å². The lowest BCUT2D eigenvalue weighted by molar-refractivity contribution is -0.124. The van der Waals surface area contributed by atoms with Crippen LogP contribution in [0.15, 0.2) is 12.5 Å². The molecular weight excluding hydrogens is 256 g/mol. The molecule has 1 amide bonds. The average Bonchev–Trinajstić information content (AvgIpc) is 2.98. The van der Waals surface area contributed by atoms with Crippen LogP contribution >= 0.6 is 0 Å². The Bertz CT molecular complexity index is 421. The molecule has 0 spiro atoms. The van der Waals surface area contributed by atoms with Gasteiger partial charge in [0.25, 0.3) is 0 Å². The molecule has 0 unspecified atom stereocenters. The van der Waals surface area contributed by atoms with Crippen LogP contribution in [-0.4, -0.2) is 53.6 Å². The van der Waals surface area contributed by atoms with Crippen LogP contribution in [-0.2, 0) is 16.1 Å². The molecule has 0 bridgehead atoms. The zero-order valence-electron chi connectivity index (χ0n) is 12.3. The summed E-state index contributed by atoms with van der Waals surface area (Å²) >= 11 is 0. The van der Waals surface area contributed by atoms with Crippen LogP contribution in [0.2, 0.25) is 0 Å². The summed E-state index contributed by atoms with van der Waals surface area (Å²) in [7, 11) is 3.43. The molecule has 20 heavy (non-hydrogen) atoms. The molecule has 0 aliphatic carbocycles. The minimum absolute atomic E-state index is 0.0760. The number of carbonyl (C=O) groups excluding carboxylic acids is 1. The number of aromatic nitrogens is 2. The fourth-order valence-electron chi connectivity index (χ4n) is 2.88. The van der Waals surface area contributed by atoms with E-state index in [1.54, 1.807) is 20.5 Å². The number of imidazole rings is 1. The van der Waals surface area contributed by atoms with E-state index < -0.39 is 0 Å². The van der Waals surface area contributed by atoms with Crippen molar-refractivity contribution in [2.45, 2.75) is 37.8 Å². The lowest BCUT2D eigenvalue weighted by Gasteiger charge is -2.41. The number of ether oxygens (including phenoxy) is 1. The number of nitrogens with one attached hydrogen (secondary N) is 2. The second-order valence-electron chi connectivity index (χ2n) is 5.45. The van der Waals surface area contributed by atoms with Gasteiger partial charge in [-0.3, -0.25) is 9.69 Å². The predicted molar refractivity (Wildman–Crippen MR) is 76.1 cm³/mol. The molecule has 2 rings (SSSR count). The first-order chi connectivity index (χ1) is 9.67. The summed E-state index contributed by atoms with van der Waals surface area (Å²) in [6, 6.07) is 0. The molecule has 2 heterocycles. The minimum Gasteiger partial charge on any atom is -0.377 e. The van der Waals surface area contributed by atoms with Crippen molar-refractivity contribution in [3.63, 3.8) is 0 Å². The Hall–Kier alpha value is -1.40. The molecule has 0 radical (unpaired) electrons. The molecule has 0 saturated carbocycles. The van der Waals surface area contributed by atoms with Gasteiger partial charge in [0.1, 0.15) is 0 Å². The molecule has 1 fully saturated rings. The standard InChI is InChI=1S/C14H24N4O2/c1-15-13(19)4-6-14(20-2)5-3-7-18(10-14)9-12-8-16-11-17-12/h8,11H,3-7,9-10H2,1-2H3,(H,15,19)(H,16,17)/t14-/m1/s1. The van der Waals surface area contributed by atoms with Crippen molar-refractivity contribution in [1.29, 1.82) is 0 Å². The van der Waals surface area contributed by atoms with Crippen molar-refractivity contribution in [2.24, 2.45) is 0 Å². The Morgan fingerprint density at radius 3 is 3.15 bits per heavy atom. The first kappa shape index (κ1) is 15.0. The maximum absolute atomic E-state index is 11.5. The summed E-state index contributed by atoms with van der Waals surface area (Å²) in [6.45, 7) is 2.77. The number of nitrogens with zero attached hydrogens (tertiary/aromatic N) is 2. The SMILES string of the molecule is CNC(=O)CC[C@]1(OC)CCCN(Cc2cnc[nH]2)C1. The minimum atomic E-state index is -0.204. The Morgan fingerprint density at radius 2 is 2.50 bits per heavy atom. The third-order valence-corrected chi connectivity index (χ3v) is 4.09. The van der Waals surface area contributed by atoms with Crippen molar-refractivity contribution in [3.8, 4) is 0 Å². The third-order valence-electron chi connectivity index (χ3n) is 4.09. The molecule has 2 N–H and O–H groups in total. The zero-order valence-corrected chi connectivity index (χ0v) is 12.3.